The molecule has 7 heteroatoms. The lowest BCUT2D eigenvalue weighted by molar-refractivity contribution is -0.385. The Labute approximate surface area is 126 Å². The van der Waals surface area contributed by atoms with Gasteiger partial charge in [0.15, 0.2) is 0 Å². The first-order valence-corrected chi connectivity index (χ1v) is 6.93. The fourth-order valence-electron chi connectivity index (χ4n) is 1.53. The van der Waals surface area contributed by atoms with Crippen LogP contribution in [-0.4, -0.2) is 9.91 Å². The summed E-state index contributed by atoms with van der Waals surface area (Å²) in [4.78, 5) is 14.7. The molecule has 2 aromatic rings. The van der Waals surface area contributed by atoms with Gasteiger partial charge in [-0.05, 0) is 40.2 Å². The van der Waals surface area contributed by atoms with E-state index in [2.05, 4.69) is 42.2 Å². The fraction of sp³-hybridized carbons (Fsp3) is 0.0833. The highest BCUT2D eigenvalue weighted by atomic mass is 79.9. The summed E-state index contributed by atoms with van der Waals surface area (Å²) < 4.78 is 1.43. The third-order valence-electron chi connectivity index (χ3n) is 2.45. The standard InChI is InChI=1S/C12H9Br2N3O2/c13-9-2-1-8(11(5-9)17(18)19)6-15-10-3-4-12(14)16-7-10/h1-5,7,15H,6H2. The molecule has 0 amide bonds. The van der Waals surface area contributed by atoms with Gasteiger partial charge in [-0.25, -0.2) is 4.98 Å². The molecular formula is C12H9Br2N3O2. The molecule has 1 aromatic carbocycles. The molecule has 0 unspecified atom stereocenters. The zero-order valence-corrected chi connectivity index (χ0v) is 12.8. The first-order chi connectivity index (χ1) is 9.06. The lowest BCUT2D eigenvalue weighted by Crippen LogP contribution is -2.03. The predicted octanol–water partition coefficient (Wildman–Crippen LogP) is 4.13. The molecule has 1 aromatic heterocycles. The van der Waals surface area contributed by atoms with Crippen LogP contribution in [-0.2, 0) is 6.54 Å². The minimum atomic E-state index is -0.387. The number of aromatic nitrogens is 1. The number of hydrogen-bond donors (Lipinski definition) is 1. The molecule has 5 nitrogen and oxygen atoms in total. The van der Waals surface area contributed by atoms with Crippen molar-refractivity contribution in [3.05, 3.63) is 61.3 Å². The van der Waals surface area contributed by atoms with Gasteiger partial charge in [0.2, 0.25) is 0 Å². The number of benzene rings is 1. The van der Waals surface area contributed by atoms with Gasteiger partial charge in [0.05, 0.1) is 16.8 Å². The number of nitro benzene ring substituents is 1. The maximum Gasteiger partial charge on any atom is 0.275 e. The molecule has 1 N–H and O–H groups in total. The van der Waals surface area contributed by atoms with Crippen LogP contribution in [0.15, 0.2) is 45.6 Å². The molecule has 0 fully saturated rings. The van der Waals surface area contributed by atoms with Crippen LogP contribution in [0.1, 0.15) is 5.56 Å². The van der Waals surface area contributed by atoms with Crippen molar-refractivity contribution in [3.8, 4) is 0 Å². The molecule has 0 atom stereocenters. The van der Waals surface area contributed by atoms with E-state index in [-0.39, 0.29) is 10.6 Å². The van der Waals surface area contributed by atoms with Crippen molar-refractivity contribution in [1.29, 1.82) is 0 Å². The van der Waals surface area contributed by atoms with E-state index in [1.165, 1.54) is 6.07 Å². The number of nitrogens with one attached hydrogen (secondary N) is 1. The van der Waals surface area contributed by atoms with E-state index in [1.54, 1.807) is 24.4 Å². The highest BCUT2D eigenvalue weighted by molar-refractivity contribution is 9.10. The highest BCUT2D eigenvalue weighted by Crippen LogP contribution is 2.24. The third-order valence-corrected chi connectivity index (χ3v) is 3.42. The van der Waals surface area contributed by atoms with Gasteiger partial charge in [0.1, 0.15) is 4.60 Å². The van der Waals surface area contributed by atoms with Crippen LogP contribution in [0.3, 0.4) is 0 Å². The van der Waals surface area contributed by atoms with Crippen LogP contribution in [0.4, 0.5) is 11.4 Å². The van der Waals surface area contributed by atoms with Crippen LogP contribution in [0.5, 0.6) is 0 Å². The number of nitro groups is 1. The summed E-state index contributed by atoms with van der Waals surface area (Å²) in [5.74, 6) is 0. The van der Waals surface area contributed by atoms with Crippen LogP contribution in [0, 0.1) is 10.1 Å². The molecule has 98 valence electrons. The Kier molecular flexibility index (Phi) is 4.49. The molecule has 0 bridgehead atoms. The van der Waals surface area contributed by atoms with Crippen molar-refractivity contribution in [3.63, 3.8) is 0 Å². The molecule has 0 saturated heterocycles. The van der Waals surface area contributed by atoms with Crippen molar-refractivity contribution in [2.45, 2.75) is 6.54 Å². The van der Waals surface area contributed by atoms with Gasteiger partial charge >= 0.3 is 0 Å². The van der Waals surface area contributed by atoms with Gasteiger partial charge < -0.3 is 5.32 Å². The molecular weight excluding hydrogens is 378 g/mol. The maximum absolute atomic E-state index is 11.0. The Balaban J connectivity index is 2.15. The average molecular weight is 387 g/mol. The average Bonchev–Trinajstić information content (AvgIpc) is 2.39. The normalized spacial score (nSPS) is 10.2. The van der Waals surface area contributed by atoms with E-state index < -0.39 is 0 Å². The monoisotopic (exact) mass is 385 g/mol. The first kappa shape index (κ1) is 14.0. The van der Waals surface area contributed by atoms with Gasteiger partial charge in [-0.1, -0.05) is 15.9 Å². The zero-order valence-electron chi connectivity index (χ0n) is 9.64. The van der Waals surface area contributed by atoms with Crippen LogP contribution >= 0.6 is 31.9 Å². The van der Waals surface area contributed by atoms with Crippen LogP contribution in [0.2, 0.25) is 0 Å². The topological polar surface area (TPSA) is 68.1 Å². The minimum Gasteiger partial charge on any atom is -0.379 e. The summed E-state index contributed by atoms with van der Waals surface area (Å²) in [5, 5.41) is 14.1. The molecule has 1 heterocycles. The predicted molar refractivity (Wildman–Crippen MR) is 80.1 cm³/mol. The van der Waals surface area contributed by atoms with E-state index in [0.717, 1.165) is 10.3 Å². The number of hydrogen-bond acceptors (Lipinski definition) is 4. The van der Waals surface area contributed by atoms with E-state index in [9.17, 15) is 10.1 Å². The van der Waals surface area contributed by atoms with E-state index in [0.29, 0.717) is 16.6 Å². The molecule has 2 rings (SSSR count). The summed E-state index contributed by atoms with van der Waals surface area (Å²) in [5.41, 5.74) is 1.52. The largest absolute Gasteiger partial charge is 0.379 e. The molecule has 0 saturated carbocycles. The molecule has 19 heavy (non-hydrogen) atoms. The Morgan fingerprint density at radius 1 is 1.26 bits per heavy atom. The zero-order chi connectivity index (χ0) is 13.8. The molecule has 0 spiro atoms. The quantitative estimate of drug-likeness (QED) is 0.487. The summed E-state index contributed by atoms with van der Waals surface area (Å²) in [6, 6.07) is 8.66. The van der Waals surface area contributed by atoms with Crippen molar-refractivity contribution in [2.75, 3.05) is 5.32 Å². The number of nitrogens with zero attached hydrogens (tertiary/aromatic N) is 2. The molecule has 0 aliphatic rings. The van der Waals surface area contributed by atoms with E-state index in [4.69, 9.17) is 0 Å². The van der Waals surface area contributed by atoms with Crippen molar-refractivity contribution in [2.24, 2.45) is 0 Å². The van der Waals surface area contributed by atoms with Gasteiger partial charge in [-0.15, -0.1) is 0 Å². The second kappa shape index (κ2) is 6.12. The van der Waals surface area contributed by atoms with E-state index >= 15 is 0 Å². The van der Waals surface area contributed by atoms with Gasteiger partial charge in [-0.3, -0.25) is 10.1 Å². The van der Waals surface area contributed by atoms with Gasteiger partial charge in [0.25, 0.3) is 5.69 Å². The first-order valence-electron chi connectivity index (χ1n) is 5.34. The molecule has 0 radical (unpaired) electrons. The van der Waals surface area contributed by atoms with E-state index in [1.807, 2.05) is 6.07 Å². The fourth-order valence-corrected chi connectivity index (χ4v) is 2.12. The summed E-state index contributed by atoms with van der Waals surface area (Å²) in [6.45, 7) is 0.368. The summed E-state index contributed by atoms with van der Waals surface area (Å²) in [6.07, 6.45) is 1.66. The second-order valence-electron chi connectivity index (χ2n) is 3.75. The number of anilines is 1. The third kappa shape index (κ3) is 3.74. The lowest BCUT2D eigenvalue weighted by atomic mass is 10.2. The molecule has 0 aliphatic heterocycles. The maximum atomic E-state index is 11.0. The van der Waals surface area contributed by atoms with Crippen molar-refractivity contribution < 1.29 is 4.92 Å². The lowest BCUT2D eigenvalue weighted by Gasteiger charge is -2.07. The number of pyridine rings is 1. The van der Waals surface area contributed by atoms with Crippen molar-refractivity contribution in [1.82, 2.24) is 4.98 Å². The summed E-state index contributed by atoms with van der Waals surface area (Å²) >= 11 is 6.48. The Morgan fingerprint density at radius 2 is 2.05 bits per heavy atom. The smallest absolute Gasteiger partial charge is 0.275 e. The Hall–Kier alpha value is -1.47. The van der Waals surface area contributed by atoms with Gasteiger partial charge in [-0.2, -0.15) is 0 Å². The Bertz CT molecular complexity index is 602. The number of halogens is 2. The van der Waals surface area contributed by atoms with Gasteiger partial charge in [0, 0.05) is 22.6 Å². The number of rotatable bonds is 4. The van der Waals surface area contributed by atoms with Crippen molar-refractivity contribution >= 4 is 43.2 Å². The van der Waals surface area contributed by atoms with Crippen LogP contribution < -0.4 is 5.32 Å². The Morgan fingerprint density at radius 3 is 2.68 bits per heavy atom. The molecule has 0 aliphatic carbocycles. The SMILES string of the molecule is O=[N+]([O-])c1cc(Br)ccc1CNc1ccc(Br)nc1. The van der Waals surface area contributed by atoms with Crippen LogP contribution in [0.25, 0.3) is 0 Å². The second-order valence-corrected chi connectivity index (χ2v) is 5.48. The minimum absolute atomic E-state index is 0.0898. The summed E-state index contributed by atoms with van der Waals surface area (Å²) in [7, 11) is 0. The highest BCUT2D eigenvalue weighted by Gasteiger charge is 2.13.